The van der Waals surface area contributed by atoms with Crippen LogP contribution in [0.4, 0.5) is 0 Å². The molecule has 0 atom stereocenters. The van der Waals surface area contributed by atoms with Gasteiger partial charge in [-0.05, 0) is 37.1 Å². The molecule has 19 heavy (non-hydrogen) atoms. The minimum atomic E-state index is 0.472. The summed E-state index contributed by atoms with van der Waals surface area (Å²) in [5.41, 5.74) is 5.70. The van der Waals surface area contributed by atoms with E-state index in [4.69, 9.17) is 11.6 Å². The topological polar surface area (TPSA) is 30.7 Å². The fraction of sp³-hybridized carbons (Fsp3) is 0.286. The van der Waals surface area contributed by atoms with Crippen LogP contribution < -0.4 is 0 Å². The van der Waals surface area contributed by atoms with Gasteiger partial charge in [0.05, 0.1) is 35.5 Å². The van der Waals surface area contributed by atoms with Gasteiger partial charge in [0.25, 0.3) is 0 Å². The van der Waals surface area contributed by atoms with Crippen molar-refractivity contribution in [2.24, 2.45) is 0 Å². The molecular formula is C14H14ClN3S. The summed E-state index contributed by atoms with van der Waals surface area (Å²) in [5.74, 6) is 0.472. The molecule has 3 aromatic rings. The number of aromatic nitrogens is 3. The molecule has 98 valence electrons. The third-order valence-electron chi connectivity index (χ3n) is 3.28. The standard InChI is InChI=1S/C14H14ClN3S/c1-9-3-12-13(4-10(9)2)18(8-16-12)6-14-17-11(5-15)7-19-14/h3-4,7-8H,5-6H2,1-2H3. The molecule has 0 saturated heterocycles. The highest BCUT2D eigenvalue weighted by atomic mass is 35.5. The van der Waals surface area contributed by atoms with Crippen LogP contribution in [0.25, 0.3) is 11.0 Å². The number of aryl methyl sites for hydroxylation is 2. The van der Waals surface area contributed by atoms with Gasteiger partial charge in [-0.1, -0.05) is 0 Å². The zero-order valence-corrected chi connectivity index (χ0v) is 12.4. The highest BCUT2D eigenvalue weighted by Gasteiger charge is 2.07. The number of rotatable bonds is 3. The second-order valence-electron chi connectivity index (χ2n) is 4.66. The van der Waals surface area contributed by atoms with Crippen molar-refractivity contribution in [3.05, 3.63) is 45.7 Å². The first-order valence-electron chi connectivity index (χ1n) is 6.08. The Bertz CT molecular complexity index is 729. The Morgan fingerprint density at radius 3 is 2.79 bits per heavy atom. The van der Waals surface area contributed by atoms with E-state index in [-0.39, 0.29) is 0 Å². The lowest BCUT2D eigenvalue weighted by molar-refractivity contribution is 0.812. The number of imidazole rings is 1. The molecule has 0 aliphatic heterocycles. The quantitative estimate of drug-likeness (QED) is 0.685. The minimum Gasteiger partial charge on any atom is -0.324 e. The van der Waals surface area contributed by atoms with Crippen molar-refractivity contribution in [1.29, 1.82) is 0 Å². The van der Waals surface area contributed by atoms with Gasteiger partial charge in [-0.2, -0.15) is 0 Å². The summed E-state index contributed by atoms with van der Waals surface area (Å²) < 4.78 is 2.14. The summed E-state index contributed by atoms with van der Waals surface area (Å²) in [5, 5.41) is 3.07. The molecule has 3 rings (SSSR count). The number of nitrogens with zero attached hydrogens (tertiary/aromatic N) is 3. The van der Waals surface area contributed by atoms with Crippen molar-refractivity contribution in [3.63, 3.8) is 0 Å². The van der Waals surface area contributed by atoms with Gasteiger partial charge in [0, 0.05) is 5.38 Å². The average molecular weight is 292 g/mol. The lowest BCUT2D eigenvalue weighted by Gasteiger charge is -2.04. The summed E-state index contributed by atoms with van der Waals surface area (Å²) in [6.45, 7) is 4.99. The molecule has 0 spiro atoms. The molecular weight excluding hydrogens is 278 g/mol. The summed E-state index contributed by atoms with van der Waals surface area (Å²) in [4.78, 5) is 8.95. The summed E-state index contributed by atoms with van der Waals surface area (Å²) >= 11 is 7.42. The Labute approximate surface area is 120 Å². The van der Waals surface area contributed by atoms with Gasteiger partial charge in [-0.25, -0.2) is 9.97 Å². The first-order valence-corrected chi connectivity index (χ1v) is 7.50. The molecule has 0 aliphatic carbocycles. The van der Waals surface area contributed by atoms with Gasteiger partial charge in [-0.15, -0.1) is 22.9 Å². The Morgan fingerprint density at radius 2 is 2.05 bits per heavy atom. The number of hydrogen-bond donors (Lipinski definition) is 0. The van der Waals surface area contributed by atoms with E-state index in [0.29, 0.717) is 5.88 Å². The fourth-order valence-electron chi connectivity index (χ4n) is 2.07. The summed E-state index contributed by atoms with van der Waals surface area (Å²) in [6.07, 6.45) is 1.88. The van der Waals surface area contributed by atoms with E-state index in [0.717, 1.165) is 28.3 Å². The lowest BCUT2D eigenvalue weighted by Crippen LogP contribution is -1.98. The number of thiazole rings is 1. The summed E-state index contributed by atoms with van der Waals surface area (Å²) in [6, 6.07) is 4.32. The van der Waals surface area contributed by atoms with E-state index < -0.39 is 0 Å². The molecule has 1 aromatic carbocycles. The van der Waals surface area contributed by atoms with Crippen LogP contribution >= 0.6 is 22.9 Å². The maximum absolute atomic E-state index is 5.78. The molecule has 0 N–H and O–H groups in total. The molecule has 0 amide bonds. The average Bonchev–Trinajstić information content (AvgIpc) is 2.99. The first kappa shape index (κ1) is 12.6. The van der Waals surface area contributed by atoms with Crippen LogP contribution in [0.1, 0.15) is 21.8 Å². The fourth-order valence-corrected chi connectivity index (χ4v) is 3.09. The van der Waals surface area contributed by atoms with Gasteiger partial charge in [0.2, 0.25) is 0 Å². The monoisotopic (exact) mass is 291 g/mol. The van der Waals surface area contributed by atoms with Crippen molar-refractivity contribution < 1.29 is 0 Å². The number of hydrogen-bond acceptors (Lipinski definition) is 3. The SMILES string of the molecule is Cc1cc2ncn(Cc3nc(CCl)cs3)c2cc1C. The van der Waals surface area contributed by atoms with Gasteiger partial charge < -0.3 is 4.57 Å². The molecule has 0 fully saturated rings. The van der Waals surface area contributed by atoms with E-state index >= 15 is 0 Å². The van der Waals surface area contributed by atoms with Gasteiger partial charge in [-0.3, -0.25) is 0 Å². The van der Waals surface area contributed by atoms with Gasteiger partial charge in [0.1, 0.15) is 5.01 Å². The van der Waals surface area contributed by atoms with E-state index in [1.807, 2.05) is 11.7 Å². The Hall–Kier alpha value is -1.39. The molecule has 0 unspecified atom stereocenters. The molecule has 2 heterocycles. The third kappa shape index (κ3) is 2.38. The van der Waals surface area contributed by atoms with Crippen LogP contribution in [-0.2, 0) is 12.4 Å². The number of halogens is 1. The van der Waals surface area contributed by atoms with E-state index in [1.54, 1.807) is 11.3 Å². The van der Waals surface area contributed by atoms with Crippen LogP contribution in [0.15, 0.2) is 23.8 Å². The van der Waals surface area contributed by atoms with Crippen molar-refractivity contribution >= 4 is 34.0 Å². The molecule has 2 aromatic heterocycles. The molecule has 0 bridgehead atoms. The Balaban J connectivity index is 1.98. The minimum absolute atomic E-state index is 0.472. The highest BCUT2D eigenvalue weighted by molar-refractivity contribution is 7.09. The largest absolute Gasteiger partial charge is 0.324 e. The lowest BCUT2D eigenvalue weighted by atomic mass is 10.1. The zero-order valence-electron chi connectivity index (χ0n) is 10.9. The van der Waals surface area contributed by atoms with E-state index in [2.05, 4.69) is 40.5 Å². The molecule has 3 nitrogen and oxygen atoms in total. The van der Waals surface area contributed by atoms with Crippen molar-refractivity contribution in [1.82, 2.24) is 14.5 Å². The maximum atomic E-state index is 5.78. The Morgan fingerprint density at radius 1 is 1.26 bits per heavy atom. The second-order valence-corrected chi connectivity index (χ2v) is 5.87. The van der Waals surface area contributed by atoms with E-state index in [1.165, 1.54) is 11.1 Å². The van der Waals surface area contributed by atoms with Crippen molar-refractivity contribution in [2.75, 3.05) is 0 Å². The van der Waals surface area contributed by atoms with Crippen LogP contribution in [0.2, 0.25) is 0 Å². The predicted molar refractivity (Wildman–Crippen MR) is 80.0 cm³/mol. The predicted octanol–water partition coefficient (Wildman–Crippen LogP) is 3.90. The summed E-state index contributed by atoms with van der Waals surface area (Å²) in [7, 11) is 0. The van der Waals surface area contributed by atoms with Gasteiger partial charge >= 0.3 is 0 Å². The molecule has 5 heteroatoms. The number of fused-ring (bicyclic) bond motifs is 1. The van der Waals surface area contributed by atoms with Crippen LogP contribution in [0, 0.1) is 13.8 Å². The van der Waals surface area contributed by atoms with Crippen LogP contribution in [-0.4, -0.2) is 14.5 Å². The van der Waals surface area contributed by atoms with Gasteiger partial charge in [0.15, 0.2) is 0 Å². The van der Waals surface area contributed by atoms with E-state index in [9.17, 15) is 0 Å². The molecule has 0 radical (unpaired) electrons. The number of alkyl halides is 1. The Kier molecular flexibility index (Phi) is 3.29. The highest BCUT2D eigenvalue weighted by Crippen LogP contribution is 2.20. The number of benzene rings is 1. The van der Waals surface area contributed by atoms with Crippen molar-refractivity contribution in [3.8, 4) is 0 Å². The van der Waals surface area contributed by atoms with Crippen LogP contribution in [0.3, 0.4) is 0 Å². The van der Waals surface area contributed by atoms with Crippen molar-refractivity contribution in [2.45, 2.75) is 26.3 Å². The van der Waals surface area contributed by atoms with Crippen LogP contribution in [0.5, 0.6) is 0 Å². The normalized spacial score (nSPS) is 11.3. The smallest absolute Gasteiger partial charge is 0.113 e. The maximum Gasteiger partial charge on any atom is 0.113 e. The molecule has 0 saturated carbocycles. The second kappa shape index (κ2) is 4.94. The molecule has 0 aliphatic rings. The zero-order chi connectivity index (χ0) is 13.4. The first-order chi connectivity index (χ1) is 9.17. The third-order valence-corrected chi connectivity index (χ3v) is 4.43.